The Morgan fingerprint density at radius 2 is 1.28 bits per heavy atom. The molecule has 0 aliphatic heterocycles. The van der Waals surface area contributed by atoms with Gasteiger partial charge in [0, 0.05) is 16.5 Å². The molecule has 0 saturated heterocycles. The van der Waals surface area contributed by atoms with Crippen molar-refractivity contribution >= 4 is 29.5 Å². The summed E-state index contributed by atoms with van der Waals surface area (Å²) in [6.07, 6.45) is 0. The van der Waals surface area contributed by atoms with Gasteiger partial charge in [-0.1, -0.05) is 60.7 Å². The molecular weight excluding hydrogens is 328 g/mol. The van der Waals surface area contributed by atoms with Crippen molar-refractivity contribution in [3.05, 3.63) is 84.7 Å². The van der Waals surface area contributed by atoms with E-state index >= 15 is 0 Å². The van der Waals surface area contributed by atoms with Gasteiger partial charge in [0.1, 0.15) is 5.82 Å². The first kappa shape index (κ1) is 17.6. The quantitative estimate of drug-likeness (QED) is 0.666. The number of hydrogen-bond donors (Lipinski definition) is 1. The molecule has 0 saturated carbocycles. The molecule has 0 amide bonds. The van der Waals surface area contributed by atoms with Crippen molar-refractivity contribution in [2.45, 2.75) is 26.3 Å². The molecule has 0 atom stereocenters. The molecule has 128 valence electrons. The summed E-state index contributed by atoms with van der Waals surface area (Å²) < 4.78 is 14.2. The summed E-state index contributed by atoms with van der Waals surface area (Å²) in [5.41, 5.74) is 0.897. The van der Waals surface area contributed by atoms with Gasteiger partial charge in [0.25, 0.3) is 0 Å². The van der Waals surface area contributed by atoms with Gasteiger partial charge in [-0.2, -0.15) is 0 Å². The van der Waals surface area contributed by atoms with Crippen molar-refractivity contribution in [3.63, 3.8) is 0 Å². The highest BCUT2D eigenvalue weighted by molar-refractivity contribution is 7.80. The maximum Gasteiger partial charge on any atom is 0.124 e. The molecule has 25 heavy (non-hydrogen) atoms. The zero-order chi connectivity index (χ0) is 17.9. The molecule has 3 aromatic rings. The topological polar surface area (TPSA) is 12.0 Å². The van der Waals surface area contributed by atoms with Crippen LogP contribution in [0.4, 0.5) is 10.1 Å². The molecule has 0 radical (unpaired) electrons. The largest absolute Gasteiger partial charge is 0.380 e. The van der Waals surface area contributed by atoms with Gasteiger partial charge in [0.2, 0.25) is 0 Å². The minimum Gasteiger partial charge on any atom is -0.380 e. The van der Waals surface area contributed by atoms with Crippen LogP contribution in [0, 0.1) is 5.82 Å². The lowest BCUT2D eigenvalue weighted by Crippen LogP contribution is -2.31. The summed E-state index contributed by atoms with van der Waals surface area (Å²) in [6.45, 7) is 6.36. The van der Waals surface area contributed by atoms with Crippen LogP contribution in [0.15, 0.2) is 78.9 Å². The number of anilines is 1. The number of nitrogens with one attached hydrogen (secondary N) is 1. The van der Waals surface area contributed by atoms with E-state index in [4.69, 9.17) is 0 Å². The van der Waals surface area contributed by atoms with Crippen LogP contribution in [0.2, 0.25) is 0 Å². The van der Waals surface area contributed by atoms with Gasteiger partial charge in [-0.05, 0) is 57.5 Å². The molecule has 3 rings (SSSR count). The van der Waals surface area contributed by atoms with Crippen LogP contribution >= 0.6 is 7.92 Å². The van der Waals surface area contributed by atoms with Gasteiger partial charge < -0.3 is 5.32 Å². The van der Waals surface area contributed by atoms with E-state index in [9.17, 15) is 4.39 Å². The fraction of sp³-hybridized carbons (Fsp3) is 0.182. The lowest BCUT2D eigenvalue weighted by atomic mass is 10.1. The zero-order valence-corrected chi connectivity index (χ0v) is 15.7. The number of hydrogen-bond acceptors (Lipinski definition) is 1. The van der Waals surface area contributed by atoms with Crippen LogP contribution in [0.1, 0.15) is 20.8 Å². The highest BCUT2D eigenvalue weighted by atomic mass is 31.1. The predicted octanol–water partition coefficient (Wildman–Crippen LogP) is 4.79. The molecule has 0 fully saturated rings. The third kappa shape index (κ3) is 4.46. The Labute approximate surface area is 150 Å². The van der Waals surface area contributed by atoms with Crippen LogP contribution in [-0.4, -0.2) is 5.54 Å². The smallest absolute Gasteiger partial charge is 0.124 e. The third-order valence-corrected chi connectivity index (χ3v) is 6.22. The summed E-state index contributed by atoms with van der Waals surface area (Å²) in [4.78, 5) is 0. The monoisotopic (exact) mass is 351 g/mol. The maximum absolute atomic E-state index is 14.2. The Bertz CT molecular complexity index is 786. The second kappa shape index (κ2) is 7.37. The SMILES string of the molecule is CC(C)(C)Nc1ccc(F)cc1P(c1ccccc1)c1ccccc1. The van der Waals surface area contributed by atoms with Crippen molar-refractivity contribution in [1.29, 1.82) is 0 Å². The molecular formula is C22H23FNP. The van der Waals surface area contributed by atoms with Gasteiger partial charge in [0.15, 0.2) is 0 Å². The van der Waals surface area contributed by atoms with E-state index in [0.717, 1.165) is 11.0 Å². The zero-order valence-electron chi connectivity index (χ0n) is 14.8. The Balaban J connectivity index is 2.19. The summed E-state index contributed by atoms with van der Waals surface area (Å²) in [6, 6.07) is 25.8. The van der Waals surface area contributed by atoms with Gasteiger partial charge >= 0.3 is 0 Å². The van der Waals surface area contributed by atoms with Crippen molar-refractivity contribution in [3.8, 4) is 0 Å². The van der Waals surface area contributed by atoms with Crippen LogP contribution in [0.5, 0.6) is 0 Å². The van der Waals surface area contributed by atoms with E-state index in [2.05, 4.69) is 50.4 Å². The Morgan fingerprint density at radius 3 is 1.76 bits per heavy atom. The summed E-state index contributed by atoms with van der Waals surface area (Å²) in [7, 11) is -0.838. The van der Waals surface area contributed by atoms with Crippen LogP contribution in [0.3, 0.4) is 0 Å². The van der Waals surface area contributed by atoms with Gasteiger partial charge in [0.05, 0.1) is 0 Å². The van der Waals surface area contributed by atoms with E-state index in [0.29, 0.717) is 0 Å². The van der Waals surface area contributed by atoms with E-state index in [-0.39, 0.29) is 11.4 Å². The van der Waals surface area contributed by atoms with Crippen LogP contribution in [-0.2, 0) is 0 Å². The van der Waals surface area contributed by atoms with Gasteiger partial charge in [-0.15, -0.1) is 0 Å². The summed E-state index contributed by atoms with van der Waals surface area (Å²) >= 11 is 0. The van der Waals surface area contributed by atoms with Crippen molar-refractivity contribution < 1.29 is 4.39 Å². The number of benzene rings is 3. The first-order valence-electron chi connectivity index (χ1n) is 8.42. The third-order valence-electron chi connectivity index (χ3n) is 3.74. The molecule has 3 aromatic carbocycles. The molecule has 0 bridgehead atoms. The molecule has 0 heterocycles. The first-order valence-corrected chi connectivity index (χ1v) is 9.76. The molecule has 0 aliphatic carbocycles. The molecule has 0 unspecified atom stereocenters. The molecule has 0 spiro atoms. The Morgan fingerprint density at radius 1 is 0.760 bits per heavy atom. The lowest BCUT2D eigenvalue weighted by molar-refractivity contribution is 0.624. The van der Waals surface area contributed by atoms with E-state index in [1.807, 2.05) is 42.5 Å². The Kier molecular flexibility index (Phi) is 5.20. The molecule has 3 heteroatoms. The molecule has 1 N–H and O–H groups in total. The minimum absolute atomic E-state index is 0.0963. The fourth-order valence-electron chi connectivity index (χ4n) is 2.78. The highest BCUT2D eigenvalue weighted by Gasteiger charge is 2.22. The summed E-state index contributed by atoms with van der Waals surface area (Å²) in [5, 5.41) is 6.99. The number of rotatable bonds is 4. The number of halogens is 1. The van der Waals surface area contributed by atoms with E-state index < -0.39 is 7.92 Å². The summed E-state index contributed by atoms with van der Waals surface area (Å²) in [5.74, 6) is -0.200. The van der Waals surface area contributed by atoms with Crippen molar-refractivity contribution in [1.82, 2.24) is 0 Å². The van der Waals surface area contributed by atoms with Crippen molar-refractivity contribution in [2.75, 3.05) is 5.32 Å². The minimum atomic E-state index is -0.838. The van der Waals surface area contributed by atoms with Crippen LogP contribution < -0.4 is 21.2 Å². The average molecular weight is 351 g/mol. The average Bonchev–Trinajstić information content (AvgIpc) is 2.58. The van der Waals surface area contributed by atoms with Gasteiger partial charge in [-0.25, -0.2) is 4.39 Å². The Hall–Kier alpha value is -2.18. The maximum atomic E-state index is 14.2. The predicted molar refractivity (Wildman–Crippen MR) is 108 cm³/mol. The fourth-order valence-corrected chi connectivity index (χ4v) is 5.20. The standard InChI is InChI=1S/C22H23FNP/c1-22(2,3)24-20-15-14-17(23)16-21(20)25(18-10-6-4-7-11-18)19-12-8-5-9-13-19/h4-16,24H,1-3H3. The van der Waals surface area contributed by atoms with E-state index in [1.54, 1.807) is 6.07 Å². The molecule has 0 aliphatic rings. The molecule has 1 nitrogen and oxygen atoms in total. The van der Waals surface area contributed by atoms with Crippen molar-refractivity contribution in [2.24, 2.45) is 0 Å². The van der Waals surface area contributed by atoms with Crippen LogP contribution in [0.25, 0.3) is 0 Å². The highest BCUT2D eigenvalue weighted by Crippen LogP contribution is 2.36. The van der Waals surface area contributed by atoms with E-state index in [1.165, 1.54) is 16.7 Å². The molecule has 0 aromatic heterocycles. The second-order valence-electron chi connectivity index (χ2n) is 7.04. The normalized spacial score (nSPS) is 11.6. The second-order valence-corrected chi connectivity index (χ2v) is 9.23. The lowest BCUT2D eigenvalue weighted by Gasteiger charge is -2.28. The van der Waals surface area contributed by atoms with Gasteiger partial charge in [-0.3, -0.25) is 0 Å². The first-order chi connectivity index (χ1) is 11.9.